The van der Waals surface area contributed by atoms with Crippen molar-refractivity contribution in [3.05, 3.63) is 23.8 Å². The molecule has 0 spiro atoms. The van der Waals surface area contributed by atoms with E-state index in [1.54, 1.807) is 23.1 Å². The van der Waals surface area contributed by atoms with Crippen LogP contribution in [0.5, 0.6) is 11.5 Å². The zero-order valence-corrected chi connectivity index (χ0v) is 19.3. The second-order valence-electron chi connectivity index (χ2n) is 9.09. The number of nitrogens with zero attached hydrogens (tertiary/aromatic N) is 1. The van der Waals surface area contributed by atoms with Gasteiger partial charge in [0.05, 0.1) is 0 Å². The highest BCUT2D eigenvalue weighted by molar-refractivity contribution is 5.98. The summed E-state index contributed by atoms with van der Waals surface area (Å²) in [6.07, 6.45) is 1.26. The number of amides is 4. The van der Waals surface area contributed by atoms with Crippen LogP contribution in [0.3, 0.4) is 0 Å². The Morgan fingerprint density at radius 1 is 1.03 bits per heavy atom. The first kappa shape index (κ1) is 23.7. The molecule has 9 heteroatoms. The van der Waals surface area contributed by atoms with Crippen molar-refractivity contribution in [2.75, 3.05) is 26.4 Å². The molecule has 0 aliphatic carbocycles. The Hall–Kier alpha value is -2.97. The molecule has 3 rings (SSSR count). The van der Waals surface area contributed by atoms with Gasteiger partial charge in [0.1, 0.15) is 6.04 Å². The molecular weight excluding hydrogens is 412 g/mol. The molecule has 2 aliphatic heterocycles. The van der Waals surface area contributed by atoms with Crippen LogP contribution in [0.25, 0.3) is 0 Å². The number of likely N-dealkylation sites (tertiary alicyclic amines) is 1. The van der Waals surface area contributed by atoms with Crippen molar-refractivity contribution in [1.29, 1.82) is 0 Å². The zero-order valence-electron chi connectivity index (χ0n) is 19.3. The van der Waals surface area contributed by atoms with E-state index < -0.39 is 6.04 Å². The van der Waals surface area contributed by atoms with Crippen LogP contribution in [-0.2, 0) is 4.79 Å². The number of ether oxygens (including phenoxy) is 2. The van der Waals surface area contributed by atoms with E-state index in [9.17, 15) is 14.4 Å². The van der Waals surface area contributed by atoms with Gasteiger partial charge < -0.3 is 30.3 Å². The normalized spacial score (nSPS) is 16.8. The van der Waals surface area contributed by atoms with Gasteiger partial charge in [-0.05, 0) is 56.7 Å². The lowest BCUT2D eigenvalue weighted by Gasteiger charge is -2.36. The number of piperidine rings is 1. The Kier molecular flexibility index (Phi) is 7.82. The van der Waals surface area contributed by atoms with Gasteiger partial charge in [0.25, 0.3) is 5.91 Å². The van der Waals surface area contributed by atoms with Gasteiger partial charge in [-0.15, -0.1) is 0 Å². The molecule has 9 nitrogen and oxygen atoms in total. The Balaban J connectivity index is 1.68. The zero-order chi connectivity index (χ0) is 23.3. The number of hydrogen-bond acceptors (Lipinski definition) is 5. The van der Waals surface area contributed by atoms with Gasteiger partial charge in [0.2, 0.25) is 12.7 Å². The molecule has 2 aliphatic rings. The standard InChI is InChI=1S/C23H34N4O5/c1-14(2)12-24-22(29)20(16-7-9-27(10-8-16)23(30)25-15(3)4)26-21(28)17-5-6-18-19(11-17)32-13-31-18/h5-6,11,14-16,20H,7-10,12-13H2,1-4H3,(H,24,29)(H,25,30)(H,26,28)/t20-/m0/s1. The van der Waals surface area contributed by atoms with Gasteiger partial charge in [0.15, 0.2) is 11.5 Å². The van der Waals surface area contributed by atoms with E-state index in [1.165, 1.54) is 0 Å². The minimum absolute atomic E-state index is 0.0655. The summed E-state index contributed by atoms with van der Waals surface area (Å²) < 4.78 is 10.7. The van der Waals surface area contributed by atoms with E-state index >= 15 is 0 Å². The first-order valence-electron chi connectivity index (χ1n) is 11.3. The average Bonchev–Trinajstić information content (AvgIpc) is 3.23. The highest BCUT2D eigenvalue weighted by atomic mass is 16.7. The minimum atomic E-state index is -0.679. The topological polar surface area (TPSA) is 109 Å². The molecule has 176 valence electrons. The van der Waals surface area contributed by atoms with E-state index in [0.717, 1.165) is 0 Å². The van der Waals surface area contributed by atoms with Crippen molar-refractivity contribution in [2.24, 2.45) is 11.8 Å². The molecule has 1 aromatic carbocycles. The SMILES string of the molecule is CC(C)CNC(=O)[C@@H](NC(=O)c1ccc2c(c1)OCO2)C1CCN(C(=O)NC(C)C)CC1. The maximum absolute atomic E-state index is 13.0. The molecule has 1 fully saturated rings. The summed E-state index contributed by atoms with van der Waals surface area (Å²) in [7, 11) is 0. The van der Waals surface area contributed by atoms with E-state index in [1.807, 2.05) is 27.7 Å². The molecule has 1 aromatic rings. The number of fused-ring (bicyclic) bond motifs is 1. The molecule has 1 atom stereocenters. The predicted molar refractivity (Wildman–Crippen MR) is 120 cm³/mol. The molecule has 1 saturated heterocycles. The summed E-state index contributed by atoms with van der Waals surface area (Å²) in [5.41, 5.74) is 0.407. The van der Waals surface area contributed by atoms with Crippen LogP contribution >= 0.6 is 0 Å². The van der Waals surface area contributed by atoms with E-state index in [2.05, 4.69) is 16.0 Å². The predicted octanol–water partition coefficient (Wildman–Crippen LogP) is 2.12. The monoisotopic (exact) mass is 446 g/mol. The lowest BCUT2D eigenvalue weighted by Crippen LogP contribution is -2.55. The van der Waals surface area contributed by atoms with Crippen molar-refractivity contribution < 1.29 is 23.9 Å². The molecule has 0 radical (unpaired) electrons. The van der Waals surface area contributed by atoms with Crippen LogP contribution in [0.1, 0.15) is 50.9 Å². The van der Waals surface area contributed by atoms with Crippen LogP contribution in [0, 0.1) is 11.8 Å². The van der Waals surface area contributed by atoms with E-state index in [0.29, 0.717) is 55.5 Å². The molecule has 2 heterocycles. The molecule has 0 saturated carbocycles. The van der Waals surface area contributed by atoms with Gasteiger partial charge in [-0.3, -0.25) is 9.59 Å². The fourth-order valence-electron chi connectivity index (χ4n) is 3.85. The molecule has 3 N–H and O–H groups in total. The number of rotatable bonds is 7. The van der Waals surface area contributed by atoms with Crippen molar-refractivity contribution in [1.82, 2.24) is 20.9 Å². The number of carbonyl (C=O) groups excluding carboxylic acids is 3. The molecule has 0 bridgehead atoms. The highest BCUT2D eigenvalue weighted by Gasteiger charge is 2.34. The second-order valence-corrected chi connectivity index (χ2v) is 9.09. The summed E-state index contributed by atoms with van der Waals surface area (Å²) >= 11 is 0. The smallest absolute Gasteiger partial charge is 0.317 e. The molecule has 4 amide bonds. The van der Waals surface area contributed by atoms with E-state index in [4.69, 9.17) is 9.47 Å². The number of urea groups is 1. The van der Waals surface area contributed by atoms with Crippen LogP contribution in [0.15, 0.2) is 18.2 Å². The summed E-state index contributed by atoms with van der Waals surface area (Å²) in [6.45, 7) is 9.62. The maximum atomic E-state index is 13.0. The average molecular weight is 447 g/mol. The largest absolute Gasteiger partial charge is 0.454 e. The third kappa shape index (κ3) is 6.05. The van der Waals surface area contributed by atoms with Crippen molar-refractivity contribution >= 4 is 17.8 Å². The van der Waals surface area contributed by atoms with Crippen molar-refractivity contribution in [2.45, 2.75) is 52.6 Å². The summed E-state index contributed by atoms with van der Waals surface area (Å²) in [5.74, 6) is 0.808. The number of carbonyl (C=O) groups is 3. The van der Waals surface area contributed by atoms with Crippen LogP contribution in [-0.4, -0.2) is 61.3 Å². The Morgan fingerprint density at radius 3 is 2.38 bits per heavy atom. The van der Waals surface area contributed by atoms with Crippen LogP contribution in [0.4, 0.5) is 4.79 Å². The van der Waals surface area contributed by atoms with Crippen LogP contribution < -0.4 is 25.4 Å². The van der Waals surface area contributed by atoms with Gasteiger partial charge in [-0.25, -0.2) is 4.79 Å². The summed E-state index contributed by atoms with van der Waals surface area (Å²) in [4.78, 5) is 40.0. The quantitative estimate of drug-likeness (QED) is 0.594. The fraction of sp³-hybridized carbons (Fsp3) is 0.609. The number of hydrogen-bond donors (Lipinski definition) is 3. The first-order valence-corrected chi connectivity index (χ1v) is 11.3. The second kappa shape index (κ2) is 10.6. The van der Waals surface area contributed by atoms with Crippen LogP contribution in [0.2, 0.25) is 0 Å². The Bertz CT molecular complexity index is 834. The van der Waals surface area contributed by atoms with Gasteiger partial charge in [-0.1, -0.05) is 13.8 Å². The lowest BCUT2D eigenvalue weighted by atomic mass is 9.88. The fourth-order valence-corrected chi connectivity index (χ4v) is 3.85. The third-order valence-electron chi connectivity index (χ3n) is 5.60. The molecular formula is C23H34N4O5. The Morgan fingerprint density at radius 2 is 1.72 bits per heavy atom. The molecule has 0 unspecified atom stereocenters. The summed E-state index contributed by atoms with van der Waals surface area (Å²) in [5, 5.41) is 8.78. The first-order chi connectivity index (χ1) is 15.2. The third-order valence-corrected chi connectivity index (χ3v) is 5.60. The Labute approximate surface area is 189 Å². The van der Waals surface area contributed by atoms with Gasteiger partial charge >= 0.3 is 6.03 Å². The summed E-state index contributed by atoms with van der Waals surface area (Å²) in [6, 6.07) is 4.27. The van der Waals surface area contributed by atoms with Gasteiger partial charge in [-0.2, -0.15) is 0 Å². The minimum Gasteiger partial charge on any atom is -0.454 e. The van der Waals surface area contributed by atoms with Crippen molar-refractivity contribution in [3.63, 3.8) is 0 Å². The van der Waals surface area contributed by atoms with E-state index in [-0.39, 0.29) is 36.6 Å². The number of nitrogens with one attached hydrogen (secondary N) is 3. The number of benzene rings is 1. The molecule has 0 aromatic heterocycles. The highest BCUT2D eigenvalue weighted by Crippen LogP contribution is 2.32. The lowest BCUT2D eigenvalue weighted by molar-refractivity contribution is -0.124. The van der Waals surface area contributed by atoms with Gasteiger partial charge in [0, 0.05) is 31.2 Å². The molecule has 32 heavy (non-hydrogen) atoms. The van der Waals surface area contributed by atoms with Crippen molar-refractivity contribution in [3.8, 4) is 11.5 Å². The maximum Gasteiger partial charge on any atom is 0.317 e.